The molecule has 0 atom stereocenters. The van der Waals surface area contributed by atoms with E-state index in [0.717, 1.165) is 68.2 Å². The molecule has 3 heterocycles. The molecule has 1 aromatic heterocycles. The molecule has 1 amide bonds. The predicted octanol–water partition coefficient (Wildman–Crippen LogP) is 3.53. The second-order valence-corrected chi connectivity index (χ2v) is 10.8. The van der Waals surface area contributed by atoms with Crippen molar-refractivity contribution in [2.75, 3.05) is 34.2 Å². The van der Waals surface area contributed by atoms with Crippen LogP contribution in [0, 0.1) is 5.92 Å². The van der Waals surface area contributed by atoms with Crippen molar-refractivity contribution >= 4 is 44.0 Å². The maximum absolute atomic E-state index is 13.3. The van der Waals surface area contributed by atoms with E-state index < -0.39 is 10.0 Å². The molecule has 5 rings (SSSR count). The molecule has 2 aromatic carbocycles. The molecule has 1 fully saturated rings. The Hall–Kier alpha value is -2.98. The summed E-state index contributed by atoms with van der Waals surface area (Å²) in [6.07, 6.45) is 4.92. The molecule has 1 N–H and O–H groups in total. The fourth-order valence-electron chi connectivity index (χ4n) is 4.60. The summed E-state index contributed by atoms with van der Waals surface area (Å²) >= 11 is 0.989. The van der Waals surface area contributed by atoms with E-state index in [-0.39, 0.29) is 21.9 Å². The molecule has 0 unspecified atom stereocenters. The number of hydrogen-bond donors (Lipinski definition) is 1. The first-order valence-electron chi connectivity index (χ1n) is 11.0. The van der Waals surface area contributed by atoms with E-state index in [9.17, 15) is 13.2 Å². The van der Waals surface area contributed by atoms with E-state index in [2.05, 4.69) is 31.1 Å². The monoisotopic (exact) mass is 483 g/mol. The molecular weight excluding hydrogens is 458 g/mol. The molecule has 172 valence electrons. The molecular formula is C23H25N5O3S2. The summed E-state index contributed by atoms with van der Waals surface area (Å²) < 4.78 is 31.3. The minimum atomic E-state index is -3.70. The molecule has 2 aliphatic heterocycles. The van der Waals surface area contributed by atoms with Crippen molar-refractivity contribution in [3.05, 3.63) is 60.4 Å². The highest BCUT2D eigenvalue weighted by atomic mass is 32.2. The van der Waals surface area contributed by atoms with Gasteiger partial charge in [-0.2, -0.15) is 4.37 Å². The van der Waals surface area contributed by atoms with Gasteiger partial charge >= 0.3 is 0 Å². The maximum atomic E-state index is 13.3. The number of carbonyl (C=O) groups excluding carboxylic acids is 1. The molecule has 0 bridgehead atoms. The van der Waals surface area contributed by atoms with Gasteiger partial charge in [0.05, 0.1) is 4.90 Å². The number of rotatable bonds is 5. The number of fused-ring (bicyclic) bond motifs is 1. The Morgan fingerprint density at radius 1 is 1.03 bits per heavy atom. The third kappa shape index (κ3) is 4.58. The SMILES string of the molecule is O=C(C1CCN(c2ccc(S(=O)(=O)Nc3ncns3)cc2)CC1)N1CCCc2ccccc21. The first kappa shape index (κ1) is 21.8. The Labute approximate surface area is 197 Å². The minimum Gasteiger partial charge on any atom is -0.371 e. The standard InChI is InChI=1S/C23H25N5O3S2/c29-22(28-13-3-5-17-4-1-2-6-21(17)28)18-11-14-27(15-12-18)19-7-9-20(10-8-19)33(30,31)26-23-24-16-25-32-23/h1-2,4,6-10,16,18H,3,5,11-15H2,(H,24,25,26). The van der Waals surface area contributed by atoms with Crippen molar-refractivity contribution in [1.82, 2.24) is 9.36 Å². The number of sulfonamides is 1. The van der Waals surface area contributed by atoms with Crippen LogP contribution in [0.25, 0.3) is 0 Å². The van der Waals surface area contributed by atoms with Gasteiger partial charge in [0, 0.05) is 48.5 Å². The van der Waals surface area contributed by atoms with Gasteiger partial charge in [-0.3, -0.25) is 9.52 Å². The molecule has 33 heavy (non-hydrogen) atoms. The summed E-state index contributed by atoms with van der Waals surface area (Å²) in [5, 5.41) is 0.238. The van der Waals surface area contributed by atoms with Gasteiger partial charge in [-0.1, -0.05) is 18.2 Å². The Bertz CT molecular complexity index is 1220. The highest BCUT2D eigenvalue weighted by molar-refractivity contribution is 7.93. The number of carbonyl (C=O) groups is 1. The second-order valence-electron chi connectivity index (χ2n) is 8.33. The summed E-state index contributed by atoms with van der Waals surface area (Å²) in [4.78, 5) is 21.5. The van der Waals surface area contributed by atoms with E-state index in [4.69, 9.17) is 0 Å². The van der Waals surface area contributed by atoms with Gasteiger partial charge in [0.1, 0.15) is 6.33 Å². The number of anilines is 3. The molecule has 3 aromatic rings. The van der Waals surface area contributed by atoms with Gasteiger partial charge < -0.3 is 9.80 Å². The topological polar surface area (TPSA) is 95.5 Å². The van der Waals surface area contributed by atoms with E-state index in [1.165, 1.54) is 11.9 Å². The van der Waals surface area contributed by atoms with E-state index in [1.807, 2.05) is 29.2 Å². The normalized spacial score (nSPS) is 17.0. The van der Waals surface area contributed by atoms with Gasteiger partial charge in [-0.25, -0.2) is 13.4 Å². The number of para-hydroxylation sites is 1. The van der Waals surface area contributed by atoms with Gasteiger partial charge in [0.25, 0.3) is 10.0 Å². The third-order valence-electron chi connectivity index (χ3n) is 6.32. The van der Waals surface area contributed by atoms with E-state index in [1.54, 1.807) is 12.1 Å². The molecule has 1 saturated heterocycles. The number of nitrogens with zero attached hydrogens (tertiary/aromatic N) is 4. The smallest absolute Gasteiger partial charge is 0.263 e. The zero-order valence-corrected chi connectivity index (χ0v) is 19.7. The van der Waals surface area contributed by atoms with Crippen molar-refractivity contribution in [3.8, 4) is 0 Å². The van der Waals surface area contributed by atoms with Crippen molar-refractivity contribution in [1.29, 1.82) is 0 Å². The zero-order valence-electron chi connectivity index (χ0n) is 18.1. The summed E-state index contributed by atoms with van der Waals surface area (Å²) in [5.41, 5.74) is 3.28. The highest BCUT2D eigenvalue weighted by Gasteiger charge is 2.31. The summed E-state index contributed by atoms with van der Waals surface area (Å²) in [6, 6.07) is 15.0. The number of piperidine rings is 1. The van der Waals surface area contributed by atoms with Crippen LogP contribution in [0.4, 0.5) is 16.5 Å². The molecule has 0 radical (unpaired) electrons. The van der Waals surface area contributed by atoms with Crippen LogP contribution in [0.2, 0.25) is 0 Å². The van der Waals surface area contributed by atoms with E-state index >= 15 is 0 Å². The fourth-order valence-corrected chi connectivity index (χ4v) is 6.26. The predicted molar refractivity (Wildman–Crippen MR) is 129 cm³/mol. The first-order chi connectivity index (χ1) is 16.0. The maximum Gasteiger partial charge on any atom is 0.263 e. The zero-order chi connectivity index (χ0) is 22.8. The number of aryl methyl sites for hydroxylation is 1. The van der Waals surface area contributed by atoms with Gasteiger partial charge in [-0.05, 0) is 61.6 Å². The van der Waals surface area contributed by atoms with Crippen molar-refractivity contribution in [2.24, 2.45) is 5.92 Å². The Kier molecular flexibility index (Phi) is 6.03. The van der Waals surface area contributed by atoms with Crippen LogP contribution in [0.3, 0.4) is 0 Å². The molecule has 2 aliphatic rings. The lowest BCUT2D eigenvalue weighted by Gasteiger charge is -2.37. The van der Waals surface area contributed by atoms with Crippen LogP contribution in [0.5, 0.6) is 0 Å². The quantitative estimate of drug-likeness (QED) is 0.597. The average molecular weight is 484 g/mol. The third-order valence-corrected chi connectivity index (χ3v) is 8.38. The Balaban J connectivity index is 1.21. The highest BCUT2D eigenvalue weighted by Crippen LogP contribution is 2.31. The number of aromatic nitrogens is 2. The Morgan fingerprint density at radius 2 is 1.79 bits per heavy atom. The van der Waals surface area contributed by atoms with Gasteiger partial charge in [0.2, 0.25) is 11.0 Å². The van der Waals surface area contributed by atoms with Crippen LogP contribution >= 0.6 is 11.5 Å². The summed E-state index contributed by atoms with van der Waals surface area (Å²) in [7, 11) is -3.70. The minimum absolute atomic E-state index is 0.0168. The lowest BCUT2D eigenvalue weighted by atomic mass is 9.93. The van der Waals surface area contributed by atoms with Crippen LogP contribution < -0.4 is 14.5 Å². The van der Waals surface area contributed by atoms with Crippen molar-refractivity contribution < 1.29 is 13.2 Å². The number of nitrogens with one attached hydrogen (secondary N) is 1. The molecule has 0 spiro atoms. The van der Waals surface area contributed by atoms with Crippen LogP contribution in [-0.2, 0) is 21.2 Å². The first-order valence-corrected chi connectivity index (χ1v) is 13.3. The fraction of sp³-hybridized carbons (Fsp3) is 0.348. The molecule has 10 heteroatoms. The van der Waals surface area contributed by atoms with Gasteiger partial charge in [0.15, 0.2) is 0 Å². The van der Waals surface area contributed by atoms with Crippen LogP contribution in [0.1, 0.15) is 24.8 Å². The Morgan fingerprint density at radius 3 is 2.52 bits per heavy atom. The molecule has 0 aliphatic carbocycles. The second kappa shape index (κ2) is 9.11. The summed E-state index contributed by atoms with van der Waals surface area (Å²) in [5.74, 6) is 0.245. The summed E-state index contributed by atoms with van der Waals surface area (Å²) in [6.45, 7) is 2.32. The van der Waals surface area contributed by atoms with Crippen LogP contribution in [0.15, 0.2) is 59.8 Å². The number of benzene rings is 2. The molecule has 8 nitrogen and oxygen atoms in total. The lowest BCUT2D eigenvalue weighted by Crippen LogP contribution is -2.44. The molecule has 0 saturated carbocycles. The lowest BCUT2D eigenvalue weighted by molar-refractivity contribution is -0.123. The average Bonchev–Trinajstić information content (AvgIpc) is 3.36. The van der Waals surface area contributed by atoms with Crippen molar-refractivity contribution in [3.63, 3.8) is 0 Å². The number of amides is 1. The van der Waals surface area contributed by atoms with Gasteiger partial charge in [-0.15, -0.1) is 0 Å². The van der Waals surface area contributed by atoms with Crippen molar-refractivity contribution in [2.45, 2.75) is 30.6 Å². The van der Waals surface area contributed by atoms with Crippen LogP contribution in [-0.4, -0.2) is 43.3 Å². The van der Waals surface area contributed by atoms with E-state index in [0.29, 0.717) is 0 Å². The number of hydrogen-bond acceptors (Lipinski definition) is 7. The largest absolute Gasteiger partial charge is 0.371 e.